The molecule has 8 atom stereocenters. The van der Waals surface area contributed by atoms with E-state index in [1.165, 1.54) is 51.4 Å². The van der Waals surface area contributed by atoms with Crippen molar-refractivity contribution in [2.24, 2.45) is 46.3 Å². The Labute approximate surface area is 257 Å². The maximum absolute atomic E-state index is 12.7. The molecular formula is C36H63N3O3. The Morgan fingerprint density at radius 1 is 1.00 bits per heavy atom. The van der Waals surface area contributed by atoms with E-state index in [2.05, 4.69) is 55.8 Å². The highest BCUT2D eigenvalue weighted by Crippen LogP contribution is 2.67. The number of carbonyl (C=O) groups is 1. The van der Waals surface area contributed by atoms with Crippen molar-refractivity contribution in [2.45, 2.75) is 111 Å². The average molecular weight is 586 g/mol. The molecular weight excluding hydrogens is 522 g/mol. The zero-order chi connectivity index (χ0) is 29.9. The number of amides is 1. The van der Waals surface area contributed by atoms with Crippen molar-refractivity contribution in [2.75, 3.05) is 52.4 Å². The summed E-state index contributed by atoms with van der Waals surface area (Å²) in [6, 6.07) is 0. The molecule has 0 aromatic heterocycles. The number of ether oxygens (including phenoxy) is 1. The number of nitrogens with zero attached hydrogens (tertiary/aromatic N) is 2. The van der Waals surface area contributed by atoms with Crippen LogP contribution in [0, 0.1) is 46.3 Å². The van der Waals surface area contributed by atoms with Crippen LogP contribution in [0.5, 0.6) is 0 Å². The first kappa shape index (κ1) is 32.3. The highest BCUT2D eigenvalue weighted by molar-refractivity contribution is 5.67. The third-order valence-electron chi connectivity index (χ3n) is 13.1. The molecule has 3 saturated carbocycles. The van der Waals surface area contributed by atoms with Gasteiger partial charge in [-0.25, -0.2) is 4.79 Å². The first-order chi connectivity index (χ1) is 20.1. The van der Waals surface area contributed by atoms with Crippen LogP contribution < -0.4 is 5.32 Å². The van der Waals surface area contributed by atoms with Crippen LogP contribution in [0.25, 0.3) is 0 Å². The molecule has 6 heteroatoms. The molecule has 1 aliphatic heterocycles. The van der Waals surface area contributed by atoms with Gasteiger partial charge >= 0.3 is 6.09 Å². The summed E-state index contributed by atoms with van der Waals surface area (Å²) < 4.78 is 5.99. The molecule has 5 aliphatic rings. The summed E-state index contributed by atoms with van der Waals surface area (Å²) in [5.74, 6) is 5.14. The molecule has 2 N–H and O–H groups in total. The van der Waals surface area contributed by atoms with E-state index in [0.29, 0.717) is 17.4 Å². The van der Waals surface area contributed by atoms with Crippen molar-refractivity contribution >= 4 is 6.09 Å². The summed E-state index contributed by atoms with van der Waals surface area (Å²) in [4.78, 5) is 17.4. The normalized spacial score (nSPS) is 37.9. The molecule has 42 heavy (non-hydrogen) atoms. The standard InChI is InChI=1S/C36H63N3O3/c1-26(2)7-6-8-27(3)31-11-12-32-30-10-9-28-25-29(13-15-35(28,4)33(30)14-16-36(31,32)5)42-34(41)37-17-18-38-19-21-39(22-20-38)23-24-40/h9,26-27,29-33,40H,6-8,10-25H2,1-5H3,(H,37,41)/t27-,29+,30?,31-,32+,33+,35+,36?/m1/s1. The van der Waals surface area contributed by atoms with E-state index in [4.69, 9.17) is 9.84 Å². The number of carbonyl (C=O) groups excluding carboxylic acids is 1. The van der Waals surface area contributed by atoms with Gasteiger partial charge in [0.2, 0.25) is 0 Å². The smallest absolute Gasteiger partial charge is 0.407 e. The first-order valence-corrected chi connectivity index (χ1v) is 17.8. The summed E-state index contributed by atoms with van der Waals surface area (Å²) >= 11 is 0. The van der Waals surface area contributed by atoms with E-state index in [9.17, 15) is 4.79 Å². The number of β-amino-alcohol motifs (C(OH)–C–C–N with tert-alkyl or cyclic N) is 1. The number of allylic oxidation sites excluding steroid dienone is 1. The fraction of sp³-hybridized carbons (Fsp3) is 0.917. The number of aliphatic hydroxyl groups excluding tert-OH is 1. The van der Waals surface area contributed by atoms with Gasteiger partial charge in [-0.15, -0.1) is 0 Å². The van der Waals surface area contributed by atoms with Gasteiger partial charge in [0.15, 0.2) is 0 Å². The van der Waals surface area contributed by atoms with Gasteiger partial charge in [-0.1, -0.05) is 65.5 Å². The van der Waals surface area contributed by atoms with Crippen molar-refractivity contribution in [3.05, 3.63) is 11.6 Å². The van der Waals surface area contributed by atoms with Gasteiger partial charge in [0.1, 0.15) is 6.10 Å². The van der Waals surface area contributed by atoms with Crippen LogP contribution in [0.1, 0.15) is 105 Å². The monoisotopic (exact) mass is 585 g/mol. The molecule has 4 aliphatic carbocycles. The third kappa shape index (κ3) is 6.91. The Morgan fingerprint density at radius 3 is 2.45 bits per heavy atom. The SMILES string of the molecule is CC(C)CCC[C@@H](C)[C@H]1CC[C@H]2C3CC=C4C[C@@H](OC(=O)NCCN5CCN(CCO)CC5)CC[C@]4(C)[C@H]3CCC12C. The fourth-order valence-electron chi connectivity index (χ4n) is 10.6. The minimum atomic E-state index is -0.246. The zero-order valence-corrected chi connectivity index (χ0v) is 27.7. The lowest BCUT2D eigenvalue weighted by atomic mass is 9.47. The quantitative estimate of drug-likeness (QED) is 0.263. The van der Waals surface area contributed by atoms with Crippen LogP contribution in [-0.4, -0.2) is 79.5 Å². The van der Waals surface area contributed by atoms with Gasteiger partial charge in [0.05, 0.1) is 6.61 Å². The summed E-state index contributed by atoms with van der Waals surface area (Å²) in [5.41, 5.74) is 2.42. The van der Waals surface area contributed by atoms with Crippen LogP contribution >= 0.6 is 0 Å². The highest BCUT2D eigenvalue weighted by Gasteiger charge is 2.59. The molecule has 5 rings (SSSR count). The van der Waals surface area contributed by atoms with E-state index >= 15 is 0 Å². The second-order valence-electron chi connectivity index (χ2n) is 15.9. The zero-order valence-electron chi connectivity index (χ0n) is 27.7. The lowest BCUT2D eigenvalue weighted by Gasteiger charge is -2.58. The Hall–Kier alpha value is -1.11. The van der Waals surface area contributed by atoms with Crippen molar-refractivity contribution in [1.82, 2.24) is 15.1 Å². The number of hydrogen-bond acceptors (Lipinski definition) is 5. The topological polar surface area (TPSA) is 65.0 Å². The molecule has 2 unspecified atom stereocenters. The molecule has 1 saturated heterocycles. The first-order valence-electron chi connectivity index (χ1n) is 17.8. The largest absolute Gasteiger partial charge is 0.446 e. The van der Waals surface area contributed by atoms with Crippen LogP contribution in [0.15, 0.2) is 11.6 Å². The second kappa shape index (κ2) is 13.9. The van der Waals surface area contributed by atoms with Gasteiger partial charge in [0, 0.05) is 52.2 Å². The van der Waals surface area contributed by atoms with E-state index in [1.807, 2.05) is 0 Å². The number of alkyl carbamates (subject to hydrolysis) is 1. The highest BCUT2D eigenvalue weighted by atomic mass is 16.6. The summed E-state index contributed by atoms with van der Waals surface area (Å²) in [7, 11) is 0. The van der Waals surface area contributed by atoms with E-state index in [1.54, 1.807) is 5.57 Å². The van der Waals surface area contributed by atoms with Gasteiger partial charge in [0.25, 0.3) is 0 Å². The number of rotatable bonds is 11. The molecule has 0 spiro atoms. The predicted molar refractivity (Wildman–Crippen MR) is 171 cm³/mol. The van der Waals surface area contributed by atoms with Crippen molar-refractivity contribution < 1.29 is 14.6 Å². The summed E-state index contributed by atoms with van der Waals surface area (Å²) in [6.07, 6.45) is 16.6. The number of fused-ring (bicyclic) bond motifs is 5. The Morgan fingerprint density at radius 2 is 1.74 bits per heavy atom. The minimum Gasteiger partial charge on any atom is -0.446 e. The second-order valence-corrected chi connectivity index (χ2v) is 15.9. The number of hydrogen-bond donors (Lipinski definition) is 2. The molecule has 1 heterocycles. The fourth-order valence-corrected chi connectivity index (χ4v) is 10.6. The van der Waals surface area contributed by atoms with E-state index < -0.39 is 0 Å². The number of piperazine rings is 1. The van der Waals surface area contributed by atoms with Gasteiger partial charge < -0.3 is 15.2 Å². The van der Waals surface area contributed by atoms with Crippen molar-refractivity contribution in [1.29, 1.82) is 0 Å². The molecule has 6 nitrogen and oxygen atoms in total. The predicted octanol–water partition coefficient (Wildman–Crippen LogP) is 6.73. The maximum atomic E-state index is 12.7. The van der Waals surface area contributed by atoms with E-state index in [-0.39, 0.29) is 18.8 Å². The van der Waals surface area contributed by atoms with Gasteiger partial charge in [-0.3, -0.25) is 9.80 Å². The Bertz CT molecular complexity index is 930. The molecule has 240 valence electrons. The minimum absolute atomic E-state index is 0.0132. The molecule has 0 radical (unpaired) electrons. The van der Waals surface area contributed by atoms with Crippen molar-refractivity contribution in [3.63, 3.8) is 0 Å². The van der Waals surface area contributed by atoms with Gasteiger partial charge in [-0.2, -0.15) is 0 Å². The number of aliphatic hydroxyl groups is 1. The van der Waals surface area contributed by atoms with Crippen LogP contribution in [-0.2, 0) is 4.74 Å². The molecule has 0 aromatic carbocycles. The lowest BCUT2D eigenvalue weighted by molar-refractivity contribution is -0.0581. The third-order valence-corrected chi connectivity index (χ3v) is 13.1. The van der Waals surface area contributed by atoms with Crippen molar-refractivity contribution in [3.8, 4) is 0 Å². The van der Waals surface area contributed by atoms with Crippen LogP contribution in [0.4, 0.5) is 4.79 Å². The maximum Gasteiger partial charge on any atom is 0.407 e. The average Bonchev–Trinajstić information content (AvgIpc) is 3.31. The van der Waals surface area contributed by atoms with Crippen LogP contribution in [0.2, 0.25) is 0 Å². The number of nitrogens with one attached hydrogen (secondary N) is 1. The lowest BCUT2D eigenvalue weighted by Crippen LogP contribution is -2.51. The van der Waals surface area contributed by atoms with Crippen LogP contribution in [0.3, 0.4) is 0 Å². The van der Waals surface area contributed by atoms with Gasteiger partial charge in [-0.05, 0) is 91.3 Å². The molecule has 4 fully saturated rings. The molecule has 1 amide bonds. The summed E-state index contributed by atoms with van der Waals surface area (Å²) in [6.45, 7) is 19.0. The van der Waals surface area contributed by atoms with E-state index in [0.717, 1.165) is 94.0 Å². The summed E-state index contributed by atoms with van der Waals surface area (Å²) in [5, 5.41) is 12.2. The molecule has 0 bridgehead atoms. The molecule has 0 aromatic rings. The Balaban J connectivity index is 1.10. The Kier molecular flexibility index (Phi) is 10.7.